The van der Waals surface area contributed by atoms with Crippen LogP contribution in [-0.2, 0) is 14.1 Å². The predicted octanol–water partition coefficient (Wildman–Crippen LogP) is 5.32. The van der Waals surface area contributed by atoms with Gasteiger partial charge in [0.1, 0.15) is 41.9 Å². The van der Waals surface area contributed by atoms with E-state index in [2.05, 4.69) is 69.7 Å². The highest BCUT2D eigenvalue weighted by molar-refractivity contribution is 5.95. The number of carbonyl (C=O) groups is 2. The van der Waals surface area contributed by atoms with E-state index in [1.54, 1.807) is 25.6 Å². The van der Waals surface area contributed by atoms with Crippen LogP contribution in [0.2, 0.25) is 0 Å². The number of aromatic nitrogens is 5. The van der Waals surface area contributed by atoms with E-state index in [1.165, 1.54) is 7.11 Å². The molecule has 4 N–H and O–H groups in total. The van der Waals surface area contributed by atoms with Gasteiger partial charge in [0.05, 0.1) is 60.8 Å². The van der Waals surface area contributed by atoms with E-state index in [-0.39, 0.29) is 36.9 Å². The van der Waals surface area contributed by atoms with Gasteiger partial charge in [0, 0.05) is 103 Å². The van der Waals surface area contributed by atoms with Crippen molar-refractivity contribution in [2.45, 2.75) is 13.8 Å². The van der Waals surface area contributed by atoms with Crippen LogP contribution < -0.4 is 40.2 Å². The summed E-state index contributed by atoms with van der Waals surface area (Å²) in [5, 5.41) is 13.2. The summed E-state index contributed by atoms with van der Waals surface area (Å²) in [4.78, 5) is 48.6. The summed E-state index contributed by atoms with van der Waals surface area (Å²) in [6.45, 7) is 17.3. The highest BCUT2D eigenvalue weighted by atomic mass is 19.1. The van der Waals surface area contributed by atoms with Gasteiger partial charge < -0.3 is 48.5 Å². The zero-order valence-corrected chi connectivity index (χ0v) is 40.4. The van der Waals surface area contributed by atoms with Crippen LogP contribution in [0.25, 0.3) is 44.3 Å². The van der Waals surface area contributed by atoms with Gasteiger partial charge >= 0.3 is 12.1 Å². The molecule has 5 aromatic heterocycles. The van der Waals surface area contributed by atoms with Crippen LogP contribution >= 0.6 is 0 Å². The largest absolute Gasteiger partial charge is 0.496 e. The number of fused-ring (bicyclic) bond motifs is 2. The average molecular weight is 950 g/mol. The summed E-state index contributed by atoms with van der Waals surface area (Å²) in [5.41, 5.74) is 3.96. The Morgan fingerprint density at radius 3 is 1.62 bits per heavy atom. The number of benzene rings is 1. The molecule has 2 aliphatic rings. The van der Waals surface area contributed by atoms with E-state index in [4.69, 9.17) is 18.9 Å². The van der Waals surface area contributed by atoms with Gasteiger partial charge in [-0.1, -0.05) is 19.9 Å². The minimum atomic E-state index is -0.657. The quantitative estimate of drug-likeness (QED) is 0.0768. The van der Waals surface area contributed by atoms with Gasteiger partial charge in [-0.15, -0.1) is 0 Å². The molecule has 7 heterocycles. The topological polar surface area (TPSA) is 181 Å². The maximum atomic E-state index is 15.4. The summed E-state index contributed by atoms with van der Waals surface area (Å²) in [6, 6.07) is 12.4. The Morgan fingerprint density at radius 2 is 1.12 bits per heavy atom. The molecule has 0 radical (unpaired) electrons. The second kappa shape index (κ2) is 22.6. The Bertz CT molecular complexity index is 2730. The van der Waals surface area contributed by atoms with Crippen molar-refractivity contribution in [1.29, 1.82) is 0 Å². The lowest BCUT2D eigenvalue weighted by Crippen LogP contribution is -2.48. The van der Waals surface area contributed by atoms with Crippen LogP contribution in [0.4, 0.5) is 25.6 Å². The molecule has 2 saturated heterocycles. The number of piperazine rings is 2. The van der Waals surface area contributed by atoms with Crippen molar-refractivity contribution in [1.82, 2.24) is 54.3 Å². The molecule has 0 unspecified atom stereocenters. The smallest absolute Gasteiger partial charge is 0.320 e. The first kappa shape index (κ1) is 48.7. The highest BCUT2D eigenvalue weighted by Crippen LogP contribution is 2.42. The van der Waals surface area contributed by atoms with E-state index in [9.17, 15) is 9.59 Å². The number of carbonyl (C=O) groups excluding carboxylic acids is 2. The summed E-state index contributed by atoms with van der Waals surface area (Å²) >= 11 is 0. The number of ether oxygens (including phenoxy) is 4. The second-order valence-corrected chi connectivity index (χ2v) is 17.1. The Labute approximate surface area is 401 Å². The van der Waals surface area contributed by atoms with Crippen LogP contribution in [0.15, 0.2) is 61.1 Å². The Balaban J connectivity index is 0.916. The van der Waals surface area contributed by atoms with Gasteiger partial charge in [-0.25, -0.2) is 28.9 Å². The fraction of sp³-hybridized carbons (Fsp3) is 0.449. The molecule has 2 aliphatic heterocycles. The number of aryl methyl sites for hydroxylation is 2. The van der Waals surface area contributed by atoms with Gasteiger partial charge in [-0.3, -0.25) is 20.4 Å². The number of anilines is 2. The molecule has 0 spiro atoms. The lowest BCUT2D eigenvalue weighted by atomic mass is 10.1. The summed E-state index contributed by atoms with van der Waals surface area (Å²) < 4.78 is 43.3. The van der Waals surface area contributed by atoms with Crippen molar-refractivity contribution in [2.24, 2.45) is 14.1 Å². The number of hydrogen-bond acceptors (Lipinski definition) is 13. The number of rotatable bonds is 19. The fourth-order valence-electron chi connectivity index (χ4n) is 9.05. The third-order valence-corrected chi connectivity index (χ3v) is 13.0. The minimum Gasteiger partial charge on any atom is -0.496 e. The summed E-state index contributed by atoms with van der Waals surface area (Å²) in [5.74, 6) is 1.37. The van der Waals surface area contributed by atoms with E-state index in [0.717, 1.165) is 112 Å². The lowest BCUT2D eigenvalue weighted by molar-refractivity contribution is 0.138. The van der Waals surface area contributed by atoms with E-state index in [0.29, 0.717) is 53.0 Å². The first-order valence-corrected chi connectivity index (χ1v) is 23.6. The Morgan fingerprint density at radius 1 is 0.623 bits per heavy atom. The van der Waals surface area contributed by atoms with Gasteiger partial charge in [-0.2, -0.15) is 0 Å². The molecule has 69 heavy (non-hydrogen) atoms. The molecule has 6 aromatic rings. The number of urea groups is 2. The van der Waals surface area contributed by atoms with Crippen LogP contribution in [0.1, 0.15) is 13.8 Å². The number of methoxy groups -OCH3 is 2. The number of pyridine rings is 3. The molecule has 0 aliphatic carbocycles. The highest BCUT2D eigenvalue weighted by Gasteiger charge is 2.25. The molecular weight excluding hydrogens is 886 g/mol. The normalized spacial score (nSPS) is 15.1. The predicted molar refractivity (Wildman–Crippen MR) is 265 cm³/mol. The number of amides is 4. The van der Waals surface area contributed by atoms with Crippen LogP contribution in [0, 0.1) is 5.82 Å². The Hall–Kier alpha value is -6.74. The van der Waals surface area contributed by atoms with Gasteiger partial charge in [-0.05, 0) is 49.5 Å². The van der Waals surface area contributed by atoms with Crippen molar-refractivity contribution in [3.05, 3.63) is 66.9 Å². The maximum Gasteiger partial charge on any atom is 0.320 e. The zero-order valence-electron chi connectivity index (χ0n) is 40.4. The molecule has 0 atom stereocenters. The SMILES string of the molecule is CCN1CCN(CCNC(=O)Nc2cc3cc(-c4c(OC)cccc4OCCOc4ncc(F)c(OC)c4-c4cc5cc(NC(=O)NCCN6CCN(CC)CC6)ncc5n4C)n(C)c3cn2)CC1. The van der Waals surface area contributed by atoms with E-state index < -0.39 is 5.82 Å². The molecule has 0 saturated carbocycles. The van der Waals surface area contributed by atoms with Crippen molar-refractivity contribution in [2.75, 3.05) is 130 Å². The molecule has 8 rings (SSSR count). The number of likely N-dealkylation sites (N-methyl/N-ethyl adjacent to an activating group) is 2. The third-order valence-electron chi connectivity index (χ3n) is 13.0. The molecular formula is C49H64FN13O6. The molecule has 20 heteroatoms. The molecule has 1 aromatic carbocycles. The van der Waals surface area contributed by atoms with Crippen molar-refractivity contribution in [3.8, 4) is 45.6 Å². The summed E-state index contributed by atoms with van der Waals surface area (Å²) in [6.07, 6.45) is 4.44. The number of hydrogen-bond donors (Lipinski definition) is 4. The first-order valence-electron chi connectivity index (χ1n) is 23.6. The molecule has 2 fully saturated rings. The van der Waals surface area contributed by atoms with Crippen molar-refractivity contribution in [3.63, 3.8) is 0 Å². The third kappa shape index (κ3) is 11.4. The summed E-state index contributed by atoms with van der Waals surface area (Å²) in [7, 11) is 6.76. The van der Waals surface area contributed by atoms with Crippen molar-refractivity contribution >= 4 is 45.5 Å². The first-order chi connectivity index (χ1) is 33.6. The Kier molecular flexibility index (Phi) is 15.9. The monoisotopic (exact) mass is 950 g/mol. The maximum absolute atomic E-state index is 15.4. The van der Waals surface area contributed by atoms with E-state index in [1.807, 2.05) is 59.6 Å². The number of halogens is 1. The number of nitrogens with one attached hydrogen (secondary N) is 4. The van der Waals surface area contributed by atoms with Gasteiger partial charge in [0.15, 0.2) is 11.6 Å². The molecule has 0 bridgehead atoms. The number of nitrogens with zero attached hydrogens (tertiary/aromatic N) is 9. The van der Waals surface area contributed by atoms with E-state index >= 15 is 4.39 Å². The van der Waals surface area contributed by atoms with Gasteiger partial charge in [0.2, 0.25) is 5.88 Å². The van der Waals surface area contributed by atoms with Crippen LogP contribution in [-0.4, -0.2) is 175 Å². The molecule has 368 valence electrons. The zero-order chi connectivity index (χ0) is 48.4. The van der Waals surface area contributed by atoms with Crippen molar-refractivity contribution < 1.29 is 32.9 Å². The minimum absolute atomic E-state index is 0.0375. The fourth-order valence-corrected chi connectivity index (χ4v) is 9.05. The van der Waals surface area contributed by atoms with Crippen LogP contribution in [0.5, 0.6) is 23.1 Å². The second-order valence-electron chi connectivity index (χ2n) is 17.1. The lowest BCUT2D eigenvalue weighted by Gasteiger charge is -2.33. The molecule has 4 amide bonds. The standard InChI is InChI=1S/C49H64FN13O6/c1-7-60-16-20-62(21-17-60)14-12-51-48(64)56-42-28-33-26-36(58(3)38(33)31-53-42)44-40(66-5)10-9-11-41(44)68-24-25-69-47-45(46(67-6)35(50)30-55-47)37-27-34-29-43(54-32-39(34)59(37)4)57-49(65)52-13-15-63-22-18-61(8-2)19-23-63/h9-11,26-32H,7-8,12-25H2,1-6H3,(H2,51,53,56,64)(H2,52,54,57,65). The van der Waals surface area contributed by atoms with Crippen LogP contribution in [0.3, 0.4) is 0 Å². The van der Waals surface area contributed by atoms with Gasteiger partial charge in [0.25, 0.3) is 0 Å². The molecule has 19 nitrogen and oxygen atoms in total. The average Bonchev–Trinajstić information content (AvgIpc) is 3.86.